The largest absolute Gasteiger partial charge is 0.357 e. The normalized spacial score (nSPS) is 12.6. The van der Waals surface area contributed by atoms with Gasteiger partial charge in [-0.1, -0.05) is 25.1 Å². The highest BCUT2D eigenvalue weighted by molar-refractivity contribution is 14.0. The molecule has 0 aliphatic rings. The Morgan fingerprint density at radius 1 is 1.22 bits per heavy atom. The molecular formula is C18H26F2IN5O. The molecule has 0 saturated carbocycles. The molecule has 2 aromatic rings. The second-order valence-corrected chi connectivity index (χ2v) is 6.25. The number of aliphatic imine (C=N–C) groups is 1. The summed E-state index contributed by atoms with van der Waals surface area (Å²) in [5, 5.41) is 10.2. The quantitative estimate of drug-likeness (QED) is 0.347. The van der Waals surface area contributed by atoms with Crippen LogP contribution in [0.25, 0.3) is 0 Å². The molecule has 0 aliphatic heterocycles. The standard InChI is InChI=1S/C18H25F2N5O.HI/c1-5-21-18(22-9-8-16-24-17(11(2)3)25-26-16)23-12(4)13-6-7-14(19)15(20)10-13;/h6-7,10-12H,5,8-9H2,1-4H3,(H2,21,22,23);1H. The Hall–Kier alpha value is -1.78. The maximum atomic E-state index is 13.4. The van der Waals surface area contributed by atoms with Gasteiger partial charge in [-0.05, 0) is 31.5 Å². The third-order valence-corrected chi connectivity index (χ3v) is 3.74. The average molecular weight is 493 g/mol. The molecule has 1 atom stereocenters. The molecule has 0 bridgehead atoms. The second-order valence-electron chi connectivity index (χ2n) is 6.25. The van der Waals surface area contributed by atoms with Crippen molar-refractivity contribution in [1.82, 2.24) is 20.8 Å². The molecule has 2 rings (SSSR count). The van der Waals surface area contributed by atoms with Gasteiger partial charge in [0.15, 0.2) is 23.4 Å². The molecule has 27 heavy (non-hydrogen) atoms. The maximum Gasteiger partial charge on any atom is 0.228 e. The predicted molar refractivity (Wildman–Crippen MR) is 111 cm³/mol. The van der Waals surface area contributed by atoms with Crippen molar-refractivity contribution in [2.45, 2.75) is 46.1 Å². The highest BCUT2D eigenvalue weighted by Gasteiger charge is 2.12. The smallest absolute Gasteiger partial charge is 0.228 e. The van der Waals surface area contributed by atoms with Crippen LogP contribution in [0.15, 0.2) is 27.7 Å². The molecule has 0 fully saturated rings. The summed E-state index contributed by atoms with van der Waals surface area (Å²) >= 11 is 0. The van der Waals surface area contributed by atoms with E-state index in [1.165, 1.54) is 6.07 Å². The van der Waals surface area contributed by atoms with Gasteiger partial charge in [-0.15, -0.1) is 24.0 Å². The molecule has 9 heteroatoms. The van der Waals surface area contributed by atoms with Gasteiger partial charge < -0.3 is 15.2 Å². The molecule has 1 heterocycles. The highest BCUT2D eigenvalue weighted by Crippen LogP contribution is 2.16. The molecule has 6 nitrogen and oxygen atoms in total. The number of aromatic nitrogens is 2. The number of hydrogen-bond acceptors (Lipinski definition) is 4. The number of rotatable bonds is 7. The van der Waals surface area contributed by atoms with E-state index in [1.807, 2.05) is 27.7 Å². The van der Waals surface area contributed by atoms with Crippen LogP contribution in [0, 0.1) is 11.6 Å². The van der Waals surface area contributed by atoms with Gasteiger partial charge >= 0.3 is 0 Å². The molecule has 0 saturated heterocycles. The van der Waals surface area contributed by atoms with Crippen LogP contribution in [0.2, 0.25) is 0 Å². The Morgan fingerprint density at radius 3 is 2.56 bits per heavy atom. The van der Waals surface area contributed by atoms with Crippen LogP contribution >= 0.6 is 24.0 Å². The summed E-state index contributed by atoms with van der Waals surface area (Å²) in [6, 6.07) is 3.61. The Morgan fingerprint density at radius 2 is 1.96 bits per heavy atom. The van der Waals surface area contributed by atoms with E-state index in [0.717, 1.165) is 6.07 Å². The van der Waals surface area contributed by atoms with Crippen molar-refractivity contribution in [2.75, 3.05) is 13.1 Å². The molecule has 0 spiro atoms. The Bertz CT molecular complexity index is 751. The lowest BCUT2D eigenvalue weighted by Gasteiger charge is -2.18. The summed E-state index contributed by atoms with van der Waals surface area (Å²) in [6.07, 6.45) is 0.524. The Balaban J connectivity index is 0.00000364. The first kappa shape index (κ1) is 23.3. The van der Waals surface area contributed by atoms with Crippen LogP contribution in [-0.2, 0) is 6.42 Å². The third kappa shape index (κ3) is 7.04. The molecule has 0 aliphatic carbocycles. The molecule has 1 aromatic carbocycles. The van der Waals surface area contributed by atoms with Gasteiger partial charge in [-0.2, -0.15) is 4.98 Å². The van der Waals surface area contributed by atoms with Crippen molar-refractivity contribution in [3.63, 3.8) is 0 Å². The van der Waals surface area contributed by atoms with E-state index < -0.39 is 11.6 Å². The molecule has 150 valence electrons. The van der Waals surface area contributed by atoms with Gasteiger partial charge in [-0.3, -0.25) is 4.99 Å². The van der Waals surface area contributed by atoms with Gasteiger partial charge in [0.25, 0.3) is 0 Å². The lowest BCUT2D eigenvalue weighted by molar-refractivity contribution is 0.372. The molecule has 2 N–H and O–H groups in total. The van der Waals surface area contributed by atoms with E-state index in [0.29, 0.717) is 42.7 Å². The minimum atomic E-state index is -0.865. The van der Waals surface area contributed by atoms with E-state index in [1.54, 1.807) is 6.07 Å². The lowest BCUT2D eigenvalue weighted by Crippen LogP contribution is -2.39. The van der Waals surface area contributed by atoms with Crippen LogP contribution in [0.4, 0.5) is 8.78 Å². The van der Waals surface area contributed by atoms with Gasteiger partial charge in [0, 0.05) is 18.9 Å². The number of guanidine groups is 1. The zero-order valence-corrected chi connectivity index (χ0v) is 18.3. The maximum absolute atomic E-state index is 13.4. The first-order chi connectivity index (χ1) is 12.4. The molecular weight excluding hydrogens is 467 g/mol. The highest BCUT2D eigenvalue weighted by atomic mass is 127. The van der Waals surface area contributed by atoms with Gasteiger partial charge in [0.05, 0.1) is 12.6 Å². The van der Waals surface area contributed by atoms with Crippen molar-refractivity contribution in [3.05, 3.63) is 47.1 Å². The molecule has 1 unspecified atom stereocenters. The summed E-state index contributed by atoms with van der Waals surface area (Å²) in [4.78, 5) is 8.78. The summed E-state index contributed by atoms with van der Waals surface area (Å²) in [6.45, 7) is 8.94. The fourth-order valence-corrected chi connectivity index (χ4v) is 2.26. The fourth-order valence-electron chi connectivity index (χ4n) is 2.26. The van der Waals surface area contributed by atoms with E-state index in [-0.39, 0.29) is 35.9 Å². The predicted octanol–water partition coefficient (Wildman–Crippen LogP) is 3.95. The minimum Gasteiger partial charge on any atom is -0.357 e. The molecule has 0 amide bonds. The van der Waals surface area contributed by atoms with E-state index in [4.69, 9.17) is 4.52 Å². The first-order valence-corrected chi connectivity index (χ1v) is 8.73. The number of benzene rings is 1. The van der Waals surface area contributed by atoms with Crippen molar-refractivity contribution in [3.8, 4) is 0 Å². The van der Waals surface area contributed by atoms with Crippen LogP contribution in [0.3, 0.4) is 0 Å². The van der Waals surface area contributed by atoms with Crippen molar-refractivity contribution < 1.29 is 13.3 Å². The SMILES string of the molecule is CCNC(=NCCc1nc(C(C)C)no1)NC(C)c1ccc(F)c(F)c1.I. The van der Waals surface area contributed by atoms with Crippen molar-refractivity contribution in [2.24, 2.45) is 4.99 Å². The topological polar surface area (TPSA) is 75.3 Å². The second kappa shape index (κ2) is 11.2. The third-order valence-electron chi connectivity index (χ3n) is 3.74. The van der Waals surface area contributed by atoms with Crippen molar-refractivity contribution in [1.29, 1.82) is 0 Å². The zero-order valence-electron chi connectivity index (χ0n) is 15.9. The van der Waals surface area contributed by atoms with Crippen LogP contribution < -0.4 is 10.6 Å². The minimum absolute atomic E-state index is 0. The van der Waals surface area contributed by atoms with E-state index in [2.05, 4.69) is 25.8 Å². The van der Waals surface area contributed by atoms with Crippen LogP contribution in [0.1, 0.15) is 56.9 Å². The van der Waals surface area contributed by atoms with Gasteiger partial charge in [0.1, 0.15) is 0 Å². The monoisotopic (exact) mass is 493 g/mol. The summed E-state index contributed by atoms with van der Waals surface area (Å²) in [7, 11) is 0. The summed E-state index contributed by atoms with van der Waals surface area (Å²) < 4.78 is 31.7. The number of nitrogens with one attached hydrogen (secondary N) is 2. The fraction of sp³-hybridized carbons (Fsp3) is 0.500. The molecule has 1 aromatic heterocycles. The molecule has 0 radical (unpaired) electrons. The number of hydrogen-bond donors (Lipinski definition) is 2. The van der Waals surface area contributed by atoms with Gasteiger partial charge in [0.2, 0.25) is 5.89 Å². The number of halogens is 3. The summed E-state index contributed by atoms with van der Waals surface area (Å²) in [5.74, 6) is 0.292. The first-order valence-electron chi connectivity index (χ1n) is 8.73. The number of nitrogens with zero attached hydrogens (tertiary/aromatic N) is 3. The van der Waals surface area contributed by atoms with Crippen LogP contribution in [-0.4, -0.2) is 29.2 Å². The van der Waals surface area contributed by atoms with E-state index >= 15 is 0 Å². The van der Waals surface area contributed by atoms with Crippen LogP contribution in [0.5, 0.6) is 0 Å². The van der Waals surface area contributed by atoms with Crippen molar-refractivity contribution >= 4 is 29.9 Å². The Labute approximate surface area is 175 Å². The Kier molecular flexibility index (Phi) is 9.61. The van der Waals surface area contributed by atoms with E-state index in [9.17, 15) is 8.78 Å². The zero-order chi connectivity index (χ0) is 19.1. The summed E-state index contributed by atoms with van der Waals surface area (Å²) in [5.41, 5.74) is 0.632. The van der Waals surface area contributed by atoms with Gasteiger partial charge in [-0.25, -0.2) is 8.78 Å². The average Bonchev–Trinajstić information content (AvgIpc) is 3.06. The lowest BCUT2D eigenvalue weighted by atomic mass is 10.1.